The molecule has 2 heterocycles. The number of unbranched alkanes of at least 4 members (excludes halogenated alkanes) is 54. The number of hydrogen-bond donors (Lipinski definition) is 9. The fourth-order valence-corrected chi connectivity index (χ4v) is 13.7. The molecule has 556 valence electrons. The molecule has 0 spiro atoms. The highest BCUT2D eigenvalue weighted by molar-refractivity contribution is 5.76. The maximum atomic E-state index is 13.4. The Balaban J connectivity index is 1.63. The molecule has 0 saturated carbocycles. The smallest absolute Gasteiger partial charge is 0.220 e. The number of carbonyl (C=O) groups is 1. The van der Waals surface area contributed by atoms with E-state index in [1.807, 2.05) is 6.08 Å². The molecular weight excluding hydrogens is 1180 g/mol. The molecule has 12 unspecified atom stereocenters. The molecule has 2 saturated heterocycles. The second-order valence-corrected chi connectivity index (χ2v) is 28.9. The number of ether oxygens (including phenoxy) is 4. The van der Waals surface area contributed by atoms with Gasteiger partial charge >= 0.3 is 0 Å². The van der Waals surface area contributed by atoms with Gasteiger partial charge in [0.1, 0.15) is 48.8 Å². The maximum absolute atomic E-state index is 13.4. The lowest BCUT2D eigenvalue weighted by molar-refractivity contribution is -0.359. The standard InChI is InChI=1S/C80H153NO13/c1-3-5-7-9-11-13-15-17-19-21-23-25-27-29-31-33-34-35-36-37-39-41-43-45-47-49-51-53-55-57-59-61-63-69(84)68(67-91-79-77(90)75(88)78(71(66-83)93-79)94-80-76(89)74(87)73(86)70(65-82)92-80)81-72(85)64-62-60-58-56-54-52-50-48-46-44-42-40-38-32-30-28-26-24-22-20-18-16-14-12-10-8-6-4-2/h53,55,61,63,68-71,73-80,82-84,86-90H,3-52,54,56-60,62,64-67H2,1-2H3,(H,81,85)/b55-53+,63-61+. The number of aliphatic hydroxyl groups is 8. The van der Waals surface area contributed by atoms with Gasteiger partial charge in [-0.15, -0.1) is 0 Å². The van der Waals surface area contributed by atoms with Gasteiger partial charge in [-0.2, -0.15) is 0 Å². The third-order valence-corrected chi connectivity index (χ3v) is 20.1. The molecule has 0 aliphatic carbocycles. The van der Waals surface area contributed by atoms with E-state index in [-0.39, 0.29) is 18.9 Å². The maximum Gasteiger partial charge on any atom is 0.220 e. The summed E-state index contributed by atoms with van der Waals surface area (Å²) in [5, 5.41) is 87.7. The van der Waals surface area contributed by atoms with E-state index in [0.29, 0.717) is 12.8 Å². The summed E-state index contributed by atoms with van der Waals surface area (Å²) in [5.41, 5.74) is 0. The zero-order valence-electron chi connectivity index (χ0n) is 61.0. The second-order valence-electron chi connectivity index (χ2n) is 28.9. The van der Waals surface area contributed by atoms with E-state index in [9.17, 15) is 45.6 Å². The minimum atomic E-state index is -1.79. The molecule has 12 atom stereocenters. The number of nitrogens with one attached hydrogen (secondary N) is 1. The summed E-state index contributed by atoms with van der Waals surface area (Å²) < 4.78 is 22.9. The van der Waals surface area contributed by atoms with Crippen LogP contribution >= 0.6 is 0 Å². The summed E-state index contributed by atoms with van der Waals surface area (Å²) in [6.45, 7) is 2.86. The highest BCUT2D eigenvalue weighted by atomic mass is 16.7. The molecule has 14 nitrogen and oxygen atoms in total. The molecule has 2 aliphatic rings. The Morgan fingerprint density at radius 2 is 0.681 bits per heavy atom. The van der Waals surface area contributed by atoms with E-state index >= 15 is 0 Å². The van der Waals surface area contributed by atoms with Crippen molar-refractivity contribution in [2.24, 2.45) is 0 Å². The van der Waals surface area contributed by atoms with E-state index in [2.05, 4.69) is 31.3 Å². The van der Waals surface area contributed by atoms with Crippen molar-refractivity contribution >= 4 is 5.91 Å². The van der Waals surface area contributed by atoms with Crippen LogP contribution in [0.4, 0.5) is 0 Å². The Bertz CT molecular complexity index is 1670. The third-order valence-electron chi connectivity index (χ3n) is 20.1. The fraction of sp³-hybridized carbons (Fsp3) is 0.938. The van der Waals surface area contributed by atoms with Crippen LogP contribution in [0.2, 0.25) is 0 Å². The molecule has 2 rings (SSSR count). The van der Waals surface area contributed by atoms with Crippen molar-refractivity contribution < 1.29 is 64.6 Å². The van der Waals surface area contributed by atoms with Gasteiger partial charge in [0.05, 0.1) is 32.0 Å². The fourth-order valence-electron chi connectivity index (χ4n) is 13.7. The first-order chi connectivity index (χ1) is 46.1. The number of amides is 1. The van der Waals surface area contributed by atoms with E-state index < -0.39 is 86.8 Å². The molecule has 14 heteroatoms. The van der Waals surface area contributed by atoms with Crippen LogP contribution in [0.3, 0.4) is 0 Å². The van der Waals surface area contributed by atoms with Crippen LogP contribution < -0.4 is 5.32 Å². The molecule has 0 aromatic heterocycles. The first-order valence-corrected chi connectivity index (χ1v) is 40.6. The average molecular weight is 1340 g/mol. The lowest BCUT2D eigenvalue weighted by atomic mass is 9.97. The van der Waals surface area contributed by atoms with Crippen LogP contribution in [0.15, 0.2) is 24.3 Å². The summed E-state index contributed by atoms with van der Waals surface area (Å²) in [6.07, 6.45) is 67.0. The number of allylic oxidation sites excluding steroid dienone is 3. The molecule has 94 heavy (non-hydrogen) atoms. The zero-order valence-corrected chi connectivity index (χ0v) is 61.0. The Hall–Kier alpha value is -1.53. The predicted octanol–water partition coefficient (Wildman–Crippen LogP) is 18.3. The lowest BCUT2D eigenvalue weighted by Gasteiger charge is -2.46. The molecule has 0 aromatic rings. The largest absolute Gasteiger partial charge is 0.394 e. The molecule has 0 aromatic carbocycles. The van der Waals surface area contributed by atoms with Crippen molar-refractivity contribution in [1.29, 1.82) is 0 Å². The highest BCUT2D eigenvalue weighted by Crippen LogP contribution is 2.30. The third kappa shape index (κ3) is 47.5. The van der Waals surface area contributed by atoms with Gasteiger partial charge in [0.2, 0.25) is 5.91 Å². The minimum Gasteiger partial charge on any atom is -0.394 e. The van der Waals surface area contributed by atoms with Crippen molar-refractivity contribution in [1.82, 2.24) is 5.32 Å². The van der Waals surface area contributed by atoms with Gasteiger partial charge in [-0.05, 0) is 32.1 Å². The van der Waals surface area contributed by atoms with Crippen molar-refractivity contribution in [2.75, 3.05) is 19.8 Å². The van der Waals surface area contributed by atoms with Crippen LogP contribution in [0.5, 0.6) is 0 Å². The van der Waals surface area contributed by atoms with E-state index in [1.165, 1.54) is 321 Å². The monoisotopic (exact) mass is 1340 g/mol. The Morgan fingerprint density at radius 3 is 1.04 bits per heavy atom. The summed E-state index contributed by atoms with van der Waals surface area (Å²) >= 11 is 0. The first kappa shape index (κ1) is 88.6. The molecule has 2 fully saturated rings. The lowest BCUT2D eigenvalue weighted by Crippen LogP contribution is -2.65. The van der Waals surface area contributed by atoms with Gasteiger partial charge < -0.3 is 65.1 Å². The number of carbonyl (C=O) groups excluding carboxylic acids is 1. The minimum absolute atomic E-state index is 0.240. The summed E-state index contributed by atoms with van der Waals surface area (Å²) in [7, 11) is 0. The molecule has 0 radical (unpaired) electrons. The van der Waals surface area contributed by atoms with Gasteiger partial charge in [0, 0.05) is 6.42 Å². The first-order valence-electron chi connectivity index (χ1n) is 40.6. The van der Waals surface area contributed by atoms with Crippen molar-refractivity contribution in [2.45, 2.75) is 460 Å². The Kier molecular flexibility index (Phi) is 61.1. The summed E-state index contributed by atoms with van der Waals surface area (Å²) in [6, 6.07) is -0.930. The van der Waals surface area contributed by atoms with E-state index in [4.69, 9.17) is 18.9 Å². The number of rotatable bonds is 69. The molecule has 1 amide bonds. The molecule has 2 aliphatic heterocycles. The van der Waals surface area contributed by atoms with Crippen LogP contribution in [-0.2, 0) is 23.7 Å². The van der Waals surface area contributed by atoms with Gasteiger partial charge in [-0.1, -0.05) is 372 Å². The van der Waals surface area contributed by atoms with Gasteiger partial charge in [0.15, 0.2) is 12.6 Å². The predicted molar refractivity (Wildman–Crippen MR) is 388 cm³/mol. The van der Waals surface area contributed by atoms with E-state index in [0.717, 1.165) is 32.1 Å². The van der Waals surface area contributed by atoms with Crippen LogP contribution in [0, 0.1) is 0 Å². The van der Waals surface area contributed by atoms with Gasteiger partial charge in [-0.25, -0.2) is 0 Å². The summed E-state index contributed by atoms with van der Waals surface area (Å²) in [5.74, 6) is -0.240. The van der Waals surface area contributed by atoms with Crippen LogP contribution in [0.25, 0.3) is 0 Å². The average Bonchev–Trinajstić information content (AvgIpc) is 0.794. The molecule has 0 bridgehead atoms. The molecule has 9 N–H and O–H groups in total. The van der Waals surface area contributed by atoms with Crippen LogP contribution in [0.1, 0.15) is 386 Å². The van der Waals surface area contributed by atoms with E-state index in [1.54, 1.807) is 6.08 Å². The van der Waals surface area contributed by atoms with Crippen LogP contribution in [-0.4, -0.2) is 140 Å². The summed E-state index contributed by atoms with van der Waals surface area (Å²) in [4.78, 5) is 13.4. The highest BCUT2D eigenvalue weighted by Gasteiger charge is 2.51. The topological polar surface area (TPSA) is 228 Å². The van der Waals surface area contributed by atoms with Crippen molar-refractivity contribution in [3.05, 3.63) is 24.3 Å². The number of hydrogen-bond acceptors (Lipinski definition) is 13. The molecular formula is C80H153NO13. The Labute approximate surface area is 577 Å². The SMILES string of the molecule is CCCCCCCCCCCCCCCCCCCCCCCCCCCC/C=C/CC/C=C/C(O)C(COC1OC(CO)C(OC2OC(CO)C(O)C(O)C2O)C(O)C1O)NC(=O)CCCCCCCCCCCCCCCCCCCCCCCCCCCCCC. The zero-order chi connectivity index (χ0) is 68.0. The van der Waals surface area contributed by atoms with Gasteiger partial charge in [-0.3, -0.25) is 4.79 Å². The second kappa shape index (κ2) is 64.8. The van der Waals surface area contributed by atoms with Gasteiger partial charge in [0.25, 0.3) is 0 Å². The Morgan fingerprint density at radius 1 is 0.372 bits per heavy atom. The normalized spacial score (nSPS) is 22.5. The number of aliphatic hydroxyl groups excluding tert-OH is 8. The van der Waals surface area contributed by atoms with Crippen molar-refractivity contribution in [3.8, 4) is 0 Å². The quantitative estimate of drug-likeness (QED) is 0.0204. The van der Waals surface area contributed by atoms with Crippen molar-refractivity contribution in [3.63, 3.8) is 0 Å².